The minimum atomic E-state index is -3.35. The van der Waals surface area contributed by atoms with Gasteiger partial charge in [-0.25, -0.2) is 13.1 Å². The summed E-state index contributed by atoms with van der Waals surface area (Å²) < 4.78 is 29.3. The normalized spacial score (nSPS) is 11.9. The maximum Gasteiger partial charge on any atom is 0.306 e. The summed E-state index contributed by atoms with van der Waals surface area (Å²) in [6, 6.07) is 0. The van der Waals surface area contributed by atoms with Gasteiger partial charge in [0.2, 0.25) is 10.0 Å². The van der Waals surface area contributed by atoms with Gasteiger partial charge in [-0.05, 0) is 13.3 Å². The Hall–Kier alpha value is -0.880. The van der Waals surface area contributed by atoms with Gasteiger partial charge in [-0.3, -0.25) is 4.79 Å². The van der Waals surface area contributed by atoms with Gasteiger partial charge in [-0.1, -0.05) is 12.2 Å². The van der Waals surface area contributed by atoms with E-state index in [1.807, 2.05) is 19.1 Å². The van der Waals surface area contributed by atoms with Gasteiger partial charge in [0.05, 0.1) is 19.3 Å². The van der Waals surface area contributed by atoms with Crippen molar-refractivity contribution in [2.45, 2.75) is 19.8 Å². The van der Waals surface area contributed by atoms with Crippen LogP contribution in [0.2, 0.25) is 0 Å². The van der Waals surface area contributed by atoms with E-state index in [9.17, 15) is 13.2 Å². The highest BCUT2D eigenvalue weighted by atomic mass is 32.2. The second kappa shape index (κ2) is 7.42. The summed E-state index contributed by atoms with van der Waals surface area (Å²) in [6.45, 7) is 2.22. The van der Waals surface area contributed by atoms with Gasteiger partial charge in [-0.15, -0.1) is 0 Å². The second-order valence-corrected chi connectivity index (χ2v) is 4.82. The van der Waals surface area contributed by atoms with E-state index in [0.717, 1.165) is 0 Å². The summed E-state index contributed by atoms with van der Waals surface area (Å²) in [6.07, 6.45) is 4.25. The number of rotatable bonds is 7. The van der Waals surface area contributed by atoms with Crippen LogP contribution in [0, 0.1) is 0 Å². The van der Waals surface area contributed by atoms with Crippen molar-refractivity contribution in [3.05, 3.63) is 12.2 Å². The number of methoxy groups -OCH3 is 1. The molecule has 0 radical (unpaired) electrons. The van der Waals surface area contributed by atoms with Crippen LogP contribution in [-0.4, -0.2) is 33.8 Å². The summed E-state index contributed by atoms with van der Waals surface area (Å²) in [7, 11) is -2.12. The summed E-state index contributed by atoms with van der Waals surface area (Å²) >= 11 is 0. The number of nitrogens with one attached hydrogen (secondary N) is 1. The van der Waals surface area contributed by atoms with Crippen LogP contribution in [0.5, 0.6) is 0 Å². The molecular formula is C9H17NO4S. The summed E-state index contributed by atoms with van der Waals surface area (Å²) in [5.41, 5.74) is 0. The zero-order chi connectivity index (χ0) is 11.7. The summed E-state index contributed by atoms with van der Waals surface area (Å²) in [5, 5.41) is 0. The summed E-state index contributed by atoms with van der Waals surface area (Å²) in [5.74, 6) is -0.746. The van der Waals surface area contributed by atoms with Crippen molar-refractivity contribution >= 4 is 16.0 Å². The molecule has 15 heavy (non-hydrogen) atoms. The zero-order valence-electron chi connectivity index (χ0n) is 9.02. The van der Waals surface area contributed by atoms with E-state index >= 15 is 0 Å². The van der Waals surface area contributed by atoms with E-state index in [0.29, 0.717) is 13.0 Å². The Morgan fingerprint density at radius 2 is 2.13 bits per heavy atom. The first-order valence-electron chi connectivity index (χ1n) is 4.67. The molecule has 0 bridgehead atoms. The van der Waals surface area contributed by atoms with Gasteiger partial charge in [0.1, 0.15) is 0 Å². The SMILES string of the molecule is C/C=C/CCNS(=O)(=O)CCC(=O)OC. The second-order valence-electron chi connectivity index (χ2n) is 2.90. The van der Waals surface area contributed by atoms with E-state index in [2.05, 4.69) is 9.46 Å². The lowest BCUT2D eigenvalue weighted by atomic mass is 10.4. The van der Waals surface area contributed by atoms with Crippen LogP contribution in [0.1, 0.15) is 19.8 Å². The van der Waals surface area contributed by atoms with E-state index in [1.54, 1.807) is 0 Å². The molecule has 0 saturated carbocycles. The van der Waals surface area contributed by atoms with Gasteiger partial charge in [-0.2, -0.15) is 0 Å². The lowest BCUT2D eigenvalue weighted by molar-refractivity contribution is -0.140. The molecule has 0 spiro atoms. The molecule has 6 heteroatoms. The molecule has 0 aliphatic rings. The maximum atomic E-state index is 11.3. The van der Waals surface area contributed by atoms with Gasteiger partial charge in [0.15, 0.2) is 0 Å². The molecule has 5 nitrogen and oxygen atoms in total. The number of hydrogen-bond donors (Lipinski definition) is 1. The molecule has 0 rings (SSSR count). The first-order chi connectivity index (χ1) is 7.02. The van der Waals surface area contributed by atoms with E-state index in [1.165, 1.54) is 7.11 Å². The third-order valence-electron chi connectivity index (χ3n) is 1.67. The quantitative estimate of drug-likeness (QED) is 0.395. The van der Waals surface area contributed by atoms with E-state index in [-0.39, 0.29) is 12.2 Å². The highest BCUT2D eigenvalue weighted by Gasteiger charge is 2.12. The number of carbonyl (C=O) groups is 1. The molecule has 0 heterocycles. The van der Waals surface area contributed by atoms with Crippen molar-refractivity contribution in [3.8, 4) is 0 Å². The molecule has 0 amide bonds. The number of allylic oxidation sites excluding steroid dienone is 1. The molecular weight excluding hydrogens is 218 g/mol. The molecule has 0 saturated heterocycles. The maximum absolute atomic E-state index is 11.3. The van der Waals surface area contributed by atoms with Crippen LogP contribution in [0.25, 0.3) is 0 Å². The van der Waals surface area contributed by atoms with Crippen LogP contribution < -0.4 is 4.72 Å². The summed E-state index contributed by atoms with van der Waals surface area (Å²) in [4.78, 5) is 10.7. The predicted molar refractivity (Wildman–Crippen MR) is 57.9 cm³/mol. The first kappa shape index (κ1) is 14.1. The number of esters is 1. The lowest BCUT2D eigenvalue weighted by Crippen LogP contribution is -2.28. The minimum Gasteiger partial charge on any atom is -0.469 e. The van der Waals surface area contributed by atoms with Crippen molar-refractivity contribution in [2.75, 3.05) is 19.4 Å². The third-order valence-corrected chi connectivity index (χ3v) is 3.06. The molecule has 0 unspecified atom stereocenters. The van der Waals surface area contributed by atoms with Crippen LogP contribution in [0.15, 0.2) is 12.2 Å². The molecule has 0 atom stereocenters. The monoisotopic (exact) mass is 235 g/mol. The fraction of sp³-hybridized carbons (Fsp3) is 0.667. The molecule has 0 fully saturated rings. The molecule has 1 N–H and O–H groups in total. The Bertz CT molecular complexity index is 308. The Labute approximate surface area is 90.6 Å². The molecule has 0 aliphatic heterocycles. The molecule has 0 aliphatic carbocycles. The van der Waals surface area contributed by atoms with E-state index in [4.69, 9.17) is 0 Å². The highest BCUT2D eigenvalue weighted by Crippen LogP contribution is 1.92. The average molecular weight is 235 g/mol. The number of hydrogen-bond acceptors (Lipinski definition) is 4. The highest BCUT2D eigenvalue weighted by molar-refractivity contribution is 7.89. The Morgan fingerprint density at radius 1 is 1.47 bits per heavy atom. The van der Waals surface area contributed by atoms with Crippen molar-refractivity contribution < 1.29 is 17.9 Å². The van der Waals surface area contributed by atoms with Crippen LogP contribution >= 0.6 is 0 Å². The number of carbonyl (C=O) groups excluding carboxylic acids is 1. The van der Waals surface area contributed by atoms with Crippen molar-refractivity contribution in [1.29, 1.82) is 0 Å². The average Bonchev–Trinajstić information content (AvgIpc) is 2.21. The molecule has 88 valence electrons. The van der Waals surface area contributed by atoms with Gasteiger partial charge < -0.3 is 4.74 Å². The predicted octanol–water partition coefficient (Wildman–Crippen LogP) is 0.435. The van der Waals surface area contributed by atoms with E-state index < -0.39 is 16.0 Å². The standard InChI is InChI=1S/C9H17NO4S/c1-3-4-5-7-10-15(12,13)8-6-9(11)14-2/h3-4,10H,5-8H2,1-2H3/b4-3+. The fourth-order valence-electron chi connectivity index (χ4n) is 0.856. The molecule has 0 aromatic rings. The lowest BCUT2D eigenvalue weighted by Gasteiger charge is -2.04. The van der Waals surface area contributed by atoms with Gasteiger partial charge >= 0.3 is 5.97 Å². The van der Waals surface area contributed by atoms with Crippen molar-refractivity contribution in [1.82, 2.24) is 4.72 Å². The largest absolute Gasteiger partial charge is 0.469 e. The smallest absolute Gasteiger partial charge is 0.306 e. The van der Waals surface area contributed by atoms with Gasteiger partial charge in [0.25, 0.3) is 0 Å². The minimum absolute atomic E-state index is 0.116. The molecule has 0 aromatic carbocycles. The van der Waals surface area contributed by atoms with Crippen LogP contribution in [0.3, 0.4) is 0 Å². The van der Waals surface area contributed by atoms with Crippen LogP contribution in [0.4, 0.5) is 0 Å². The van der Waals surface area contributed by atoms with Gasteiger partial charge in [0, 0.05) is 6.54 Å². The van der Waals surface area contributed by atoms with Crippen LogP contribution in [-0.2, 0) is 19.6 Å². The Kier molecular flexibility index (Phi) is 6.98. The first-order valence-corrected chi connectivity index (χ1v) is 6.32. The third kappa shape index (κ3) is 8.14. The van der Waals surface area contributed by atoms with Crippen molar-refractivity contribution in [3.63, 3.8) is 0 Å². The fourth-order valence-corrected chi connectivity index (χ4v) is 1.86. The van der Waals surface area contributed by atoms with Crippen molar-refractivity contribution in [2.24, 2.45) is 0 Å². The molecule has 0 aromatic heterocycles. The Balaban J connectivity index is 3.82. The Morgan fingerprint density at radius 3 is 2.67 bits per heavy atom. The number of sulfonamides is 1. The topological polar surface area (TPSA) is 72.5 Å². The number of ether oxygens (including phenoxy) is 1. The zero-order valence-corrected chi connectivity index (χ0v) is 9.84.